The van der Waals surface area contributed by atoms with E-state index in [1.165, 1.54) is 9.47 Å². The summed E-state index contributed by atoms with van der Waals surface area (Å²) < 4.78 is 1.32. The van der Waals surface area contributed by atoms with Crippen LogP contribution < -0.4 is 21.9 Å². The van der Waals surface area contributed by atoms with Crippen molar-refractivity contribution in [2.45, 2.75) is 53.5 Å². The third-order valence-corrected chi connectivity index (χ3v) is 3.37. The van der Waals surface area contributed by atoms with E-state index in [0.29, 0.717) is 13.1 Å². The second kappa shape index (κ2) is 7.82. The van der Waals surface area contributed by atoms with Gasteiger partial charge in [0.15, 0.2) is 5.69 Å². The molecule has 124 valence electrons. The first-order valence-corrected chi connectivity index (χ1v) is 7.76. The van der Waals surface area contributed by atoms with Gasteiger partial charge in [0, 0.05) is 19.5 Å². The van der Waals surface area contributed by atoms with Crippen molar-refractivity contribution in [3.63, 3.8) is 0 Å². The van der Waals surface area contributed by atoms with Crippen LogP contribution in [0.15, 0.2) is 9.59 Å². The number of amides is 1. The Balaban J connectivity index is 3.45. The highest BCUT2D eigenvalue weighted by atomic mass is 16.2. The molecule has 0 unspecified atom stereocenters. The predicted molar refractivity (Wildman–Crippen MR) is 88.1 cm³/mol. The monoisotopic (exact) mass is 310 g/mol. The maximum Gasteiger partial charge on any atom is 0.330 e. The van der Waals surface area contributed by atoms with Crippen molar-refractivity contribution in [2.24, 2.45) is 5.92 Å². The molecule has 0 aliphatic heterocycles. The number of carbonyl (C=O) groups excluding carboxylic acids is 1. The minimum absolute atomic E-state index is 0.0559. The van der Waals surface area contributed by atoms with Gasteiger partial charge in [-0.3, -0.25) is 19.1 Å². The number of carbonyl (C=O) groups is 1. The first kappa shape index (κ1) is 18.0. The van der Waals surface area contributed by atoms with Crippen LogP contribution in [0.25, 0.3) is 0 Å². The van der Waals surface area contributed by atoms with E-state index >= 15 is 0 Å². The topological polar surface area (TPSA) is 101 Å². The van der Waals surface area contributed by atoms with E-state index in [2.05, 4.69) is 4.98 Å². The van der Waals surface area contributed by atoms with E-state index in [4.69, 9.17) is 5.73 Å². The Kier molecular flexibility index (Phi) is 6.39. The third-order valence-electron chi connectivity index (χ3n) is 3.37. The molecule has 0 atom stereocenters. The van der Waals surface area contributed by atoms with Crippen LogP contribution >= 0.6 is 0 Å². The summed E-state index contributed by atoms with van der Waals surface area (Å²) in [6.45, 7) is 8.43. The molecule has 0 radical (unpaired) electrons. The van der Waals surface area contributed by atoms with Crippen molar-refractivity contribution in [3.8, 4) is 0 Å². The van der Waals surface area contributed by atoms with Crippen LogP contribution in [-0.2, 0) is 11.3 Å². The maximum absolute atomic E-state index is 12.2. The smallest absolute Gasteiger partial charge is 0.330 e. The maximum atomic E-state index is 12.2. The van der Waals surface area contributed by atoms with Gasteiger partial charge in [0.05, 0.1) is 0 Å². The number of hydrogen-bond acceptors (Lipinski definition) is 4. The Morgan fingerprint density at radius 1 is 1.32 bits per heavy atom. The van der Waals surface area contributed by atoms with Gasteiger partial charge < -0.3 is 10.6 Å². The predicted octanol–water partition coefficient (Wildman–Crippen LogP) is 1.32. The molecular formula is C15H26N4O3. The Morgan fingerprint density at radius 2 is 1.95 bits per heavy atom. The molecular weight excluding hydrogens is 284 g/mol. The Bertz CT molecular complexity index is 631. The van der Waals surface area contributed by atoms with Crippen molar-refractivity contribution in [2.75, 3.05) is 17.2 Å². The van der Waals surface area contributed by atoms with Crippen LogP contribution in [0.4, 0.5) is 11.5 Å². The van der Waals surface area contributed by atoms with E-state index in [1.54, 1.807) is 6.92 Å². The summed E-state index contributed by atoms with van der Waals surface area (Å²) in [7, 11) is 0. The van der Waals surface area contributed by atoms with Crippen molar-refractivity contribution in [1.29, 1.82) is 0 Å². The number of H-pyrrole nitrogens is 1. The van der Waals surface area contributed by atoms with Crippen molar-refractivity contribution < 1.29 is 4.79 Å². The van der Waals surface area contributed by atoms with Crippen LogP contribution in [0.5, 0.6) is 0 Å². The van der Waals surface area contributed by atoms with Gasteiger partial charge in [-0.15, -0.1) is 0 Å². The fourth-order valence-electron chi connectivity index (χ4n) is 2.25. The lowest BCUT2D eigenvalue weighted by Gasteiger charge is -2.24. The molecule has 0 spiro atoms. The minimum atomic E-state index is -0.611. The fourth-order valence-corrected chi connectivity index (χ4v) is 2.25. The number of hydrogen-bond donors (Lipinski definition) is 2. The van der Waals surface area contributed by atoms with E-state index in [-0.39, 0.29) is 29.8 Å². The van der Waals surface area contributed by atoms with E-state index < -0.39 is 11.2 Å². The zero-order valence-electron chi connectivity index (χ0n) is 13.8. The molecule has 1 heterocycles. The molecule has 0 saturated carbocycles. The highest BCUT2D eigenvalue weighted by molar-refractivity contribution is 5.95. The largest absolute Gasteiger partial charge is 0.383 e. The van der Waals surface area contributed by atoms with Gasteiger partial charge in [-0.05, 0) is 12.3 Å². The van der Waals surface area contributed by atoms with Gasteiger partial charge >= 0.3 is 5.69 Å². The molecule has 0 bridgehead atoms. The highest BCUT2D eigenvalue weighted by Gasteiger charge is 2.22. The summed E-state index contributed by atoms with van der Waals surface area (Å²) >= 11 is 0. The lowest BCUT2D eigenvalue weighted by Crippen LogP contribution is -2.41. The van der Waals surface area contributed by atoms with Crippen LogP contribution in [0.1, 0.15) is 47.0 Å². The van der Waals surface area contributed by atoms with Crippen LogP contribution in [-0.4, -0.2) is 22.0 Å². The molecule has 1 amide bonds. The summed E-state index contributed by atoms with van der Waals surface area (Å²) in [4.78, 5) is 40.0. The molecule has 1 aromatic heterocycles. The van der Waals surface area contributed by atoms with E-state index in [1.807, 2.05) is 20.8 Å². The number of nitrogens with two attached hydrogens (primary N) is 1. The minimum Gasteiger partial charge on any atom is -0.383 e. The molecule has 22 heavy (non-hydrogen) atoms. The van der Waals surface area contributed by atoms with Crippen molar-refractivity contribution in [3.05, 3.63) is 20.8 Å². The zero-order valence-corrected chi connectivity index (χ0v) is 13.8. The number of aromatic amines is 1. The Morgan fingerprint density at radius 3 is 2.45 bits per heavy atom. The van der Waals surface area contributed by atoms with E-state index in [9.17, 15) is 14.4 Å². The number of unbranched alkanes of at least 4 members (excludes halogenated alkanes) is 1. The number of anilines is 2. The molecule has 0 saturated heterocycles. The number of rotatable bonds is 7. The fraction of sp³-hybridized carbons (Fsp3) is 0.667. The molecule has 0 aliphatic carbocycles. The molecule has 3 N–H and O–H groups in total. The quantitative estimate of drug-likeness (QED) is 0.793. The van der Waals surface area contributed by atoms with Gasteiger partial charge in [0.2, 0.25) is 5.91 Å². The number of aromatic nitrogens is 2. The average Bonchev–Trinajstić information content (AvgIpc) is 2.45. The highest BCUT2D eigenvalue weighted by Crippen LogP contribution is 2.19. The van der Waals surface area contributed by atoms with Crippen LogP contribution in [0.3, 0.4) is 0 Å². The van der Waals surface area contributed by atoms with E-state index in [0.717, 1.165) is 12.8 Å². The van der Waals surface area contributed by atoms with Gasteiger partial charge in [-0.1, -0.05) is 34.1 Å². The number of nitrogen functional groups attached to an aromatic ring is 1. The second-order valence-corrected chi connectivity index (χ2v) is 5.75. The summed E-state index contributed by atoms with van der Waals surface area (Å²) in [5.74, 6) is 0.0606. The average molecular weight is 310 g/mol. The standard InChI is InChI=1S/C15H26N4O3/c1-5-7-8-18(11(20)6-2)12-13(16)19(9-10(3)4)15(22)17-14(12)21/h10H,5-9,16H2,1-4H3,(H,17,21,22). The first-order chi connectivity index (χ1) is 10.3. The Hall–Kier alpha value is -2.05. The molecule has 7 nitrogen and oxygen atoms in total. The van der Waals surface area contributed by atoms with Gasteiger partial charge in [-0.2, -0.15) is 0 Å². The molecule has 1 rings (SSSR count). The number of nitrogens with zero attached hydrogens (tertiary/aromatic N) is 2. The summed E-state index contributed by atoms with van der Waals surface area (Å²) in [5.41, 5.74) is 4.98. The molecule has 0 aromatic carbocycles. The SMILES string of the molecule is CCCCN(C(=O)CC)c1c(N)n(CC(C)C)c(=O)[nH]c1=O. The number of nitrogens with one attached hydrogen (secondary N) is 1. The normalized spacial score (nSPS) is 11.0. The molecule has 0 aliphatic rings. The lowest BCUT2D eigenvalue weighted by molar-refractivity contribution is -0.118. The lowest BCUT2D eigenvalue weighted by atomic mass is 10.2. The van der Waals surface area contributed by atoms with Gasteiger partial charge in [-0.25, -0.2) is 4.79 Å². The Labute approximate surface area is 130 Å². The molecule has 1 aromatic rings. The first-order valence-electron chi connectivity index (χ1n) is 7.76. The van der Waals surface area contributed by atoms with Crippen LogP contribution in [0, 0.1) is 5.92 Å². The summed E-state index contributed by atoms with van der Waals surface area (Å²) in [6.07, 6.45) is 1.91. The molecule has 0 fully saturated rings. The van der Waals surface area contributed by atoms with Crippen molar-refractivity contribution >= 4 is 17.4 Å². The third kappa shape index (κ3) is 3.99. The summed E-state index contributed by atoms with van der Waals surface area (Å²) in [5, 5.41) is 0. The summed E-state index contributed by atoms with van der Waals surface area (Å²) in [6, 6.07) is 0. The molecule has 7 heteroatoms. The second-order valence-electron chi connectivity index (χ2n) is 5.75. The van der Waals surface area contributed by atoms with Gasteiger partial charge in [0.1, 0.15) is 5.82 Å². The van der Waals surface area contributed by atoms with Gasteiger partial charge in [0.25, 0.3) is 5.56 Å². The van der Waals surface area contributed by atoms with Crippen molar-refractivity contribution in [1.82, 2.24) is 9.55 Å². The zero-order chi connectivity index (χ0) is 16.9. The van der Waals surface area contributed by atoms with Crippen LogP contribution in [0.2, 0.25) is 0 Å².